The Kier molecular flexibility index (Phi) is 8.37. The van der Waals surface area contributed by atoms with Crippen molar-refractivity contribution < 1.29 is 31.9 Å². The van der Waals surface area contributed by atoms with Crippen LogP contribution in [0, 0.1) is 5.82 Å². The number of fused-ring (bicyclic) bond motifs is 1. The third-order valence-corrected chi connectivity index (χ3v) is 8.82. The quantitative estimate of drug-likeness (QED) is 0.447. The summed E-state index contributed by atoms with van der Waals surface area (Å²) < 4.78 is 53.7. The van der Waals surface area contributed by atoms with Gasteiger partial charge in [-0.25, -0.2) is 17.6 Å². The average molecular weight is 551 g/mol. The molecular formula is C24H27FN4O6S2. The number of halogens is 1. The first-order chi connectivity index (χ1) is 17.7. The van der Waals surface area contributed by atoms with Gasteiger partial charge < -0.3 is 18.9 Å². The molecule has 0 spiro atoms. The normalized spacial score (nSPS) is 15.3. The number of nitrogens with zero attached hydrogens (tertiary/aromatic N) is 4. The van der Waals surface area contributed by atoms with Crippen LogP contribution >= 0.6 is 11.3 Å². The van der Waals surface area contributed by atoms with Gasteiger partial charge >= 0.3 is 6.09 Å². The van der Waals surface area contributed by atoms with Crippen molar-refractivity contribution in [2.75, 3.05) is 46.5 Å². The number of piperazine rings is 1. The Morgan fingerprint density at radius 3 is 2.43 bits per heavy atom. The number of hydrogen-bond donors (Lipinski definition) is 0. The summed E-state index contributed by atoms with van der Waals surface area (Å²) in [5.74, 6) is -0.935. The summed E-state index contributed by atoms with van der Waals surface area (Å²) in [7, 11) is -2.24. The number of rotatable bonds is 7. The highest BCUT2D eigenvalue weighted by Crippen LogP contribution is 2.21. The van der Waals surface area contributed by atoms with E-state index in [9.17, 15) is 22.4 Å². The molecule has 1 fully saturated rings. The largest absolute Gasteiger partial charge is 0.450 e. The van der Waals surface area contributed by atoms with Crippen molar-refractivity contribution in [3.05, 3.63) is 58.6 Å². The minimum atomic E-state index is -3.80. The number of benzene rings is 2. The van der Waals surface area contributed by atoms with Crippen molar-refractivity contribution >= 4 is 43.6 Å². The summed E-state index contributed by atoms with van der Waals surface area (Å²) >= 11 is 1.18. The van der Waals surface area contributed by atoms with Crippen LogP contribution < -0.4 is 4.80 Å². The van der Waals surface area contributed by atoms with Crippen LogP contribution in [-0.4, -0.2) is 80.7 Å². The number of amides is 2. The Morgan fingerprint density at radius 2 is 1.78 bits per heavy atom. The fourth-order valence-electron chi connectivity index (χ4n) is 3.93. The number of thiazole rings is 1. The topological polar surface area (TPSA) is 111 Å². The van der Waals surface area contributed by atoms with Gasteiger partial charge in [-0.2, -0.15) is 9.30 Å². The molecular weight excluding hydrogens is 523 g/mol. The van der Waals surface area contributed by atoms with Gasteiger partial charge in [0.15, 0.2) is 4.80 Å². The monoisotopic (exact) mass is 550 g/mol. The molecule has 0 unspecified atom stereocenters. The number of ether oxygens (including phenoxy) is 2. The maximum atomic E-state index is 13.7. The van der Waals surface area contributed by atoms with Gasteiger partial charge in [0.05, 0.1) is 28.3 Å². The minimum Gasteiger partial charge on any atom is -0.450 e. The van der Waals surface area contributed by atoms with Crippen molar-refractivity contribution in [3.8, 4) is 0 Å². The fraction of sp³-hybridized carbons (Fsp3) is 0.375. The summed E-state index contributed by atoms with van der Waals surface area (Å²) in [5.41, 5.74) is 0.951. The molecule has 3 aromatic rings. The number of methoxy groups -OCH3 is 1. The van der Waals surface area contributed by atoms with E-state index in [2.05, 4.69) is 4.99 Å². The number of carbonyl (C=O) groups is 2. The second-order valence-electron chi connectivity index (χ2n) is 8.17. The predicted octanol–water partition coefficient (Wildman–Crippen LogP) is 2.69. The third kappa shape index (κ3) is 5.90. The van der Waals surface area contributed by atoms with E-state index >= 15 is 0 Å². The molecule has 0 bridgehead atoms. The van der Waals surface area contributed by atoms with Gasteiger partial charge in [-0.15, -0.1) is 0 Å². The molecule has 10 nitrogen and oxygen atoms in total. The second kappa shape index (κ2) is 11.5. The van der Waals surface area contributed by atoms with Gasteiger partial charge in [0, 0.05) is 45.4 Å². The van der Waals surface area contributed by atoms with Gasteiger partial charge in [-0.05, 0) is 49.4 Å². The van der Waals surface area contributed by atoms with Crippen molar-refractivity contribution in [1.82, 2.24) is 13.8 Å². The molecule has 2 heterocycles. The van der Waals surface area contributed by atoms with Crippen LogP contribution in [0.1, 0.15) is 17.3 Å². The van der Waals surface area contributed by atoms with E-state index in [4.69, 9.17) is 9.47 Å². The van der Waals surface area contributed by atoms with Gasteiger partial charge in [0.2, 0.25) is 10.0 Å². The van der Waals surface area contributed by atoms with E-state index in [1.54, 1.807) is 24.7 Å². The Morgan fingerprint density at radius 1 is 1.08 bits per heavy atom. The zero-order valence-electron chi connectivity index (χ0n) is 20.4. The van der Waals surface area contributed by atoms with Gasteiger partial charge in [-0.3, -0.25) is 4.79 Å². The molecule has 2 aromatic carbocycles. The Hall–Kier alpha value is -3.13. The van der Waals surface area contributed by atoms with E-state index in [1.807, 2.05) is 0 Å². The van der Waals surface area contributed by atoms with Crippen molar-refractivity contribution in [2.24, 2.45) is 4.99 Å². The molecule has 1 saturated heterocycles. The highest BCUT2D eigenvalue weighted by Gasteiger charge is 2.30. The van der Waals surface area contributed by atoms with E-state index in [1.165, 1.54) is 56.9 Å². The zero-order valence-corrected chi connectivity index (χ0v) is 22.1. The first kappa shape index (κ1) is 26.9. The maximum absolute atomic E-state index is 13.7. The van der Waals surface area contributed by atoms with E-state index < -0.39 is 22.0 Å². The Bertz CT molecular complexity index is 1460. The summed E-state index contributed by atoms with van der Waals surface area (Å²) in [6.45, 7) is 3.52. The van der Waals surface area contributed by atoms with Crippen LogP contribution in [0.5, 0.6) is 0 Å². The van der Waals surface area contributed by atoms with Crippen LogP contribution in [-0.2, 0) is 26.0 Å². The van der Waals surface area contributed by atoms with Crippen molar-refractivity contribution in [2.45, 2.75) is 18.4 Å². The highest BCUT2D eigenvalue weighted by molar-refractivity contribution is 7.89. The predicted molar refractivity (Wildman–Crippen MR) is 135 cm³/mol. The summed E-state index contributed by atoms with van der Waals surface area (Å²) in [5, 5.41) is 0. The molecule has 1 aromatic heterocycles. The van der Waals surface area contributed by atoms with E-state index in [0.29, 0.717) is 22.7 Å². The number of hydrogen-bond acceptors (Lipinski definition) is 7. The molecule has 1 aliphatic rings. The molecule has 0 atom stereocenters. The number of carbonyl (C=O) groups excluding carboxylic acids is 2. The first-order valence-electron chi connectivity index (χ1n) is 11.6. The van der Waals surface area contributed by atoms with Crippen LogP contribution in [0.3, 0.4) is 0 Å². The van der Waals surface area contributed by atoms with Crippen LogP contribution in [0.25, 0.3) is 10.2 Å². The zero-order chi connectivity index (χ0) is 26.6. The van der Waals surface area contributed by atoms with Gasteiger partial charge in [0.25, 0.3) is 5.91 Å². The molecule has 0 radical (unpaired) electrons. The van der Waals surface area contributed by atoms with E-state index in [-0.39, 0.29) is 49.1 Å². The smallest absolute Gasteiger partial charge is 0.409 e. The lowest BCUT2D eigenvalue weighted by Gasteiger charge is -2.33. The molecule has 2 amide bonds. The van der Waals surface area contributed by atoms with Crippen molar-refractivity contribution in [3.63, 3.8) is 0 Å². The van der Waals surface area contributed by atoms with Crippen LogP contribution in [0.15, 0.2) is 52.4 Å². The molecule has 37 heavy (non-hydrogen) atoms. The number of aromatic nitrogens is 1. The van der Waals surface area contributed by atoms with Crippen LogP contribution in [0.4, 0.5) is 9.18 Å². The highest BCUT2D eigenvalue weighted by atomic mass is 32.2. The second-order valence-corrected chi connectivity index (χ2v) is 11.1. The maximum Gasteiger partial charge on any atom is 0.409 e. The Labute approximate surface area is 217 Å². The summed E-state index contributed by atoms with van der Waals surface area (Å²) in [4.78, 5) is 30.9. The van der Waals surface area contributed by atoms with Crippen LogP contribution in [0.2, 0.25) is 0 Å². The average Bonchev–Trinajstić information content (AvgIpc) is 3.23. The lowest BCUT2D eigenvalue weighted by Crippen LogP contribution is -2.50. The third-order valence-electron chi connectivity index (χ3n) is 5.86. The molecule has 198 valence electrons. The lowest BCUT2D eigenvalue weighted by molar-refractivity contribution is 0.0933. The molecule has 0 saturated carbocycles. The minimum absolute atomic E-state index is 0.0427. The fourth-order valence-corrected chi connectivity index (χ4v) is 6.43. The summed E-state index contributed by atoms with van der Waals surface area (Å²) in [6, 6.07) is 9.94. The molecule has 1 aliphatic heterocycles. The van der Waals surface area contributed by atoms with Gasteiger partial charge in [-0.1, -0.05) is 11.3 Å². The Balaban J connectivity index is 1.53. The van der Waals surface area contributed by atoms with Crippen molar-refractivity contribution in [1.29, 1.82) is 0 Å². The van der Waals surface area contributed by atoms with E-state index in [0.717, 1.165) is 5.52 Å². The lowest BCUT2D eigenvalue weighted by atomic mass is 10.2. The molecule has 4 rings (SSSR count). The summed E-state index contributed by atoms with van der Waals surface area (Å²) in [6.07, 6.45) is -0.460. The SMILES string of the molecule is CCOC(=O)N1CCN(S(=O)(=O)c2ccc(C(=O)N=c3sc4cc(F)ccc4n3CCOC)cc2)CC1. The first-order valence-corrected chi connectivity index (χ1v) is 13.9. The number of sulfonamides is 1. The van der Waals surface area contributed by atoms with Gasteiger partial charge in [0.1, 0.15) is 5.82 Å². The standard InChI is InChI=1S/C24H27FN4O6S2/c1-3-35-24(31)27-10-12-28(13-11-27)37(32,33)19-7-4-17(5-8-19)22(30)26-23-29(14-15-34-2)20-9-6-18(25)16-21(20)36-23/h4-9,16H,3,10-15H2,1-2H3. The molecule has 0 aliphatic carbocycles. The molecule has 0 N–H and O–H groups in total. The molecule has 13 heteroatoms.